The van der Waals surface area contributed by atoms with Crippen LogP contribution in [0.2, 0.25) is 0 Å². The Bertz CT molecular complexity index is 491. The number of carbonyl (C=O) groups is 1. The molecular formula is C14H22FN3O2. The number of nitrogens with one attached hydrogen (secondary N) is 1. The van der Waals surface area contributed by atoms with Crippen molar-refractivity contribution in [1.82, 2.24) is 4.90 Å². The second kappa shape index (κ2) is 6.19. The summed E-state index contributed by atoms with van der Waals surface area (Å²) in [6, 6.07) is 3.34. The molecule has 1 aromatic rings. The predicted octanol–water partition coefficient (Wildman–Crippen LogP) is 1.44. The van der Waals surface area contributed by atoms with Crippen molar-refractivity contribution >= 4 is 17.3 Å². The van der Waals surface area contributed by atoms with E-state index >= 15 is 0 Å². The van der Waals surface area contributed by atoms with E-state index in [1.807, 2.05) is 13.8 Å². The van der Waals surface area contributed by atoms with Crippen LogP contribution in [0.3, 0.4) is 0 Å². The van der Waals surface area contributed by atoms with Crippen molar-refractivity contribution in [3.05, 3.63) is 24.0 Å². The lowest BCUT2D eigenvalue weighted by molar-refractivity contribution is -0.122. The van der Waals surface area contributed by atoms with Crippen molar-refractivity contribution in [2.75, 3.05) is 24.7 Å². The maximum atomic E-state index is 12.9. The molecule has 112 valence electrons. The largest absolute Gasteiger partial charge is 0.397 e. The molecule has 1 unspecified atom stereocenters. The number of aliphatic hydroxyl groups is 1. The first-order valence-electron chi connectivity index (χ1n) is 6.38. The first-order chi connectivity index (χ1) is 9.19. The van der Waals surface area contributed by atoms with Crippen LogP contribution < -0.4 is 11.1 Å². The monoisotopic (exact) mass is 283 g/mol. The molecular weight excluding hydrogens is 261 g/mol. The summed E-state index contributed by atoms with van der Waals surface area (Å²) in [5.41, 5.74) is 5.68. The van der Waals surface area contributed by atoms with Crippen LogP contribution in [0.4, 0.5) is 15.8 Å². The van der Waals surface area contributed by atoms with Gasteiger partial charge in [-0.25, -0.2) is 4.39 Å². The summed E-state index contributed by atoms with van der Waals surface area (Å²) in [7, 11) is 1.76. The van der Waals surface area contributed by atoms with E-state index in [2.05, 4.69) is 5.32 Å². The lowest BCUT2D eigenvalue weighted by atomic mass is 10.0. The summed E-state index contributed by atoms with van der Waals surface area (Å²) in [5.74, 6) is -0.723. The number of aliphatic hydroxyl groups excluding tert-OH is 1. The Morgan fingerprint density at radius 3 is 2.65 bits per heavy atom. The number of likely N-dealkylation sites (N-methyl/N-ethyl adjacent to an activating group) is 1. The fraction of sp³-hybridized carbons (Fsp3) is 0.500. The number of halogens is 1. The van der Waals surface area contributed by atoms with Gasteiger partial charge in [-0.05, 0) is 46.0 Å². The smallest absolute Gasteiger partial charge is 0.241 e. The third-order valence-electron chi connectivity index (χ3n) is 3.57. The number of hydrogen-bond acceptors (Lipinski definition) is 4. The highest BCUT2D eigenvalue weighted by molar-refractivity contribution is 5.97. The van der Waals surface area contributed by atoms with E-state index in [0.717, 1.165) is 6.07 Å². The minimum Gasteiger partial charge on any atom is -0.397 e. The van der Waals surface area contributed by atoms with E-state index in [1.165, 1.54) is 12.1 Å². The van der Waals surface area contributed by atoms with Crippen LogP contribution in [-0.2, 0) is 4.79 Å². The van der Waals surface area contributed by atoms with Crippen LogP contribution in [0, 0.1) is 5.82 Å². The molecule has 1 rings (SSSR count). The number of benzene rings is 1. The van der Waals surface area contributed by atoms with Crippen LogP contribution in [0.25, 0.3) is 0 Å². The number of nitrogens with two attached hydrogens (primary N) is 1. The molecule has 0 fully saturated rings. The van der Waals surface area contributed by atoms with Crippen LogP contribution in [0.5, 0.6) is 0 Å². The summed E-state index contributed by atoms with van der Waals surface area (Å²) in [4.78, 5) is 13.9. The first-order valence-corrected chi connectivity index (χ1v) is 6.38. The number of carbonyl (C=O) groups excluding carboxylic acids is 1. The van der Waals surface area contributed by atoms with Gasteiger partial charge >= 0.3 is 0 Å². The highest BCUT2D eigenvalue weighted by Gasteiger charge is 2.30. The van der Waals surface area contributed by atoms with Gasteiger partial charge in [-0.3, -0.25) is 9.69 Å². The second-order valence-corrected chi connectivity index (χ2v) is 5.48. The van der Waals surface area contributed by atoms with Gasteiger partial charge in [0.1, 0.15) is 5.82 Å². The second-order valence-electron chi connectivity index (χ2n) is 5.48. The van der Waals surface area contributed by atoms with Crippen molar-refractivity contribution < 1.29 is 14.3 Å². The molecule has 0 saturated heterocycles. The van der Waals surface area contributed by atoms with Gasteiger partial charge in [0.15, 0.2) is 0 Å². The maximum Gasteiger partial charge on any atom is 0.241 e. The van der Waals surface area contributed by atoms with E-state index in [4.69, 9.17) is 5.73 Å². The summed E-state index contributed by atoms with van der Waals surface area (Å²) in [6.07, 6.45) is 0. The minimum absolute atomic E-state index is 0.0696. The molecule has 1 atom stereocenters. The van der Waals surface area contributed by atoms with Gasteiger partial charge in [-0.1, -0.05) is 0 Å². The van der Waals surface area contributed by atoms with Gasteiger partial charge in [0, 0.05) is 5.54 Å². The molecule has 0 radical (unpaired) electrons. The molecule has 0 heterocycles. The van der Waals surface area contributed by atoms with E-state index in [0.29, 0.717) is 5.69 Å². The van der Waals surface area contributed by atoms with E-state index in [1.54, 1.807) is 18.9 Å². The summed E-state index contributed by atoms with van der Waals surface area (Å²) in [5, 5.41) is 12.0. The standard InChI is InChI=1S/C14H22FN3O2/c1-9(18(4)14(2,3)8-19)13(20)17-12-6-5-10(15)7-11(12)16/h5-7,9,19H,8,16H2,1-4H3,(H,17,20). The Kier molecular flexibility index (Phi) is 5.08. The molecule has 0 aliphatic heterocycles. The quantitative estimate of drug-likeness (QED) is 0.714. The predicted molar refractivity (Wildman–Crippen MR) is 77.8 cm³/mol. The number of amides is 1. The minimum atomic E-state index is -0.523. The highest BCUT2D eigenvalue weighted by Crippen LogP contribution is 2.21. The van der Waals surface area contributed by atoms with Crippen molar-refractivity contribution in [2.45, 2.75) is 32.4 Å². The average Bonchev–Trinajstić information content (AvgIpc) is 2.40. The molecule has 0 saturated carbocycles. The normalized spacial score (nSPS) is 13.3. The third kappa shape index (κ3) is 3.68. The van der Waals surface area contributed by atoms with Gasteiger partial charge in [0.25, 0.3) is 0 Å². The maximum absolute atomic E-state index is 12.9. The summed E-state index contributed by atoms with van der Waals surface area (Å²) >= 11 is 0. The Hall–Kier alpha value is -1.66. The fourth-order valence-corrected chi connectivity index (χ4v) is 1.70. The van der Waals surface area contributed by atoms with Gasteiger partial charge in [-0.15, -0.1) is 0 Å². The Morgan fingerprint density at radius 2 is 2.15 bits per heavy atom. The lowest BCUT2D eigenvalue weighted by Gasteiger charge is -2.37. The average molecular weight is 283 g/mol. The van der Waals surface area contributed by atoms with E-state index in [-0.39, 0.29) is 18.2 Å². The molecule has 0 spiro atoms. The van der Waals surface area contributed by atoms with Crippen LogP contribution >= 0.6 is 0 Å². The SMILES string of the molecule is CC(C(=O)Nc1ccc(F)cc1N)N(C)C(C)(C)CO. The third-order valence-corrected chi connectivity index (χ3v) is 3.57. The Labute approximate surface area is 118 Å². The van der Waals surface area contributed by atoms with Gasteiger partial charge < -0.3 is 16.2 Å². The zero-order valence-corrected chi connectivity index (χ0v) is 12.3. The molecule has 6 heteroatoms. The van der Waals surface area contributed by atoms with Crippen molar-refractivity contribution in [3.8, 4) is 0 Å². The van der Waals surface area contributed by atoms with Crippen molar-refractivity contribution in [3.63, 3.8) is 0 Å². The molecule has 0 aromatic heterocycles. The van der Waals surface area contributed by atoms with E-state index < -0.39 is 17.4 Å². The zero-order valence-electron chi connectivity index (χ0n) is 12.3. The lowest BCUT2D eigenvalue weighted by Crippen LogP contribution is -2.52. The van der Waals surface area contributed by atoms with Crippen LogP contribution in [0.15, 0.2) is 18.2 Å². The van der Waals surface area contributed by atoms with Crippen molar-refractivity contribution in [2.24, 2.45) is 0 Å². The number of hydrogen-bond donors (Lipinski definition) is 3. The molecule has 0 aliphatic rings. The zero-order chi connectivity index (χ0) is 15.5. The molecule has 4 N–H and O–H groups in total. The fourth-order valence-electron chi connectivity index (χ4n) is 1.70. The highest BCUT2D eigenvalue weighted by atomic mass is 19.1. The Balaban J connectivity index is 2.80. The number of nitrogen functional groups attached to an aromatic ring is 1. The summed E-state index contributed by atoms with van der Waals surface area (Å²) in [6.45, 7) is 5.33. The van der Waals surface area contributed by atoms with Crippen LogP contribution in [0.1, 0.15) is 20.8 Å². The molecule has 0 bridgehead atoms. The number of nitrogens with zero attached hydrogens (tertiary/aromatic N) is 1. The van der Waals surface area contributed by atoms with Gasteiger partial charge in [0.2, 0.25) is 5.91 Å². The van der Waals surface area contributed by atoms with Gasteiger partial charge in [-0.2, -0.15) is 0 Å². The molecule has 1 amide bonds. The number of rotatable bonds is 5. The molecule has 0 aliphatic carbocycles. The molecule has 1 aromatic carbocycles. The van der Waals surface area contributed by atoms with Crippen molar-refractivity contribution in [1.29, 1.82) is 0 Å². The topological polar surface area (TPSA) is 78.6 Å². The van der Waals surface area contributed by atoms with Crippen LogP contribution in [-0.4, -0.2) is 41.1 Å². The molecule has 20 heavy (non-hydrogen) atoms. The first kappa shape index (κ1) is 16.4. The summed E-state index contributed by atoms with van der Waals surface area (Å²) < 4.78 is 12.9. The number of anilines is 2. The Morgan fingerprint density at radius 1 is 1.55 bits per heavy atom. The van der Waals surface area contributed by atoms with E-state index in [9.17, 15) is 14.3 Å². The molecule has 5 nitrogen and oxygen atoms in total. The van der Waals surface area contributed by atoms with Gasteiger partial charge in [0.05, 0.1) is 24.0 Å².